The lowest BCUT2D eigenvalue weighted by Crippen LogP contribution is -2.34. The van der Waals surface area contributed by atoms with Crippen molar-refractivity contribution in [1.29, 1.82) is 0 Å². The Kier molecular flexibility index (Phi) is 6.25. The molecule has 1 amide bonds. The topological polar surface area (TPSA) is 66.4 Å². The van der Waals surface area contributed by atoms with E-state index >= 15 is 0 Å². The van der Waals surface area contributed by atoms with E-state index in [0.29, 0.717) is 5.02 Å². The highest BCUT2D eigenvalue weighted by Crippen LogP contribution is 2.16. The van der Waals surface area contributed by atoms with Crippen LogP contribution in [0.15, 0.2) is 30.3 Å². The first-order chi connectivity index (χ1) is 9.41. The van der Waals surface area contributed by atoms with Gasteiger partial charge in [-0.05, 0) is 23.6 Å². The first-order valence-electron chi connectivity index (χ1n) is 6.35. The number of aliphatic carboxylic acids is 1. The Balaban J connectivity index is 2.56. The quantitative estimate of drug-likeness (QED) is 0.793. The lowest BCUT2D eigenvalue weighted by molar-refractivity contribution is -0.143. The number of amides is 1. The monoisotopic (exact) mass is 295 g/mol. The number of carbonyl (C=O) groups excluding carboxylic acids is 1. The predicted octanol–water partition coefficient (Wildman–Crippen LogP) is 2.83. The minimum absolute atomic E-state index is 0.0413. The maximum atomic E-state index is 11.6. The Bertz CT molecular complexity index is 512. The highest BCUT2D eigenvalue weighted by atomic mass is 35.5. The molecule has 0 fully saturated rings. The fraction of sp³-hybridized carbons (Fsp3) is 0.333. The van der Waals surface area contributed by atoms with Crippen LogP contribution in [0.4, 0.5) is 0 Å². The van der Waals surface area contributed by atoms with Crippen molar-refractivity contribution in [2.45, 2.75) is 13.8 Å². The number of rotatable bonds is 6. The molecule has 5 heteroatoms. The zero-order chi connectivity index (χ0) is 15.1. The van der Waals surface area contributed by atoms with Crippen LogP contribution >= 0.6 is 11.6 Å². The lowest BCUT2D eigenvalue weighted by Gasteiger charge is -2.15. The molecule has 0 aliphatic heterocycles. The van der Waals surface area contributed by atoms with Gasteiger partial charge >= 0.3 is 5.97 Å². The van der Waals surface area contributed by atoms with Gasteiger partial charge in [0, 0.05) is 17.6 Å². The maximum Gasteiger partial charge on any atom is 0.308 e. The van der Waals surface area contributed by atoms with E-state index in [2.05, 4.69) is 5.32 Å². The zero-order valence-electron chi connectivity index (χ0n) is 11.5. The molecule has 0 bridgehead atoms. The maximum absolute atomic E-state index is 11.6. The molecule has 1 aromatic carbocycles. The van der Waals surface area contributed by atoms with E-state index in [1.54, 1.807) is 24.3 Å². The molecule has 0 aromatic heterocycles. The van der Waals surface area contributed by atoms with Crippen LogP contribution in [-0.2, 0) is 9.59 Å². The summed E-state index contributed by atoms with van der Waals surface area (Å²) in [5.41, 5.74) is 0.739. The first kappa shape index (κ1) is 16.2. The van der Waals surface area contributed by atoms with Gasteiger partial charge in [0.05, 0.1) is 5.92 Å². The van der Waals surface area contributed by atoms with Gasteiger partial charge < -0.3 is 10.4 Å². The SMILES string of the molecule is CC(C)C(CNC(=O)C=Cc1ccccc1Cl)C(=O)O. The molecule has 0 aliphatic carbocycles. The van der Waals surface area contributed by atoms with Crippen molar-refractivity contribution < 1.29 is 14.7 Å². The smallest absolute Gasteiger partial charge is 0.308 e. The Labute approximate surface area is 123 Å². The molecule has 0 aliphatic rings. The molecular weight excluding hydrogens is 278 g/mol. The standard InChI is InChI=1S/C15H18ClNO3/c1-10(2)12(15(19)20)9-17-14(18)8-7-11-5-3-4-6-13(11)16/h3-8,10,12H,9H2,1-2H3,(H,17,18)(H,19,20). The van der Waals surface area contributed by atoms with Gasteiger partial charge in [0.15, 0.2) is 0 Å². The van der Waals surface area contributed by atoms with Crippen LogP contribution in [0.1, 0.15) is 19.4 Å². The Morgan fingerprint density at radius 1 is 1.35 bits per heavy atom. The van der Waals surface area contributed by atoms with Gasteiger partial charge in [-0.2, -0.15) is 0 Å². The van der Waals surface area contributed by atoms with Crippen molar-refractivity contribution in [3.63, 3.8) is 0 Å². The third-order valence-corrected chi connectivity index (χ3v) is 3.28. The number of carboxylic acids is 1. The molecule has 0 saturated heterocycles. The van der Waals surface area contributed by atoms with Crippen LogP contribution in [0.2, 0.25) is 5.02 Å². The van der Waals surface area contributed by atoms with Crippen molar-refractivity contribution in [1.82, 2.24) is 5.32 Å². The van der Waals surface area contributed by atoms with E-state index in [1.165, 1.54) is 6.08 Å². The van der Waals surface area contributed by atoms with E-state index in [9.17, 15) is 9.59 Å². The molecule has 4 nitrogen and oxygen atoms in total. The second-order valence-corrected chi connectivity index (χ2v) is 5.20. The van der Waals surface area contributed by atoms with Crippen LogP contribution in [0.25, 0.3) is 6.08 Å². The molecule has 1 atom stereocenters. The van der Waals surface area contributed by atoms with Gasteiger partial charge in [-0.3, -0.25) is 9.59 Å². The summed E-state index contributed by atoms with van der Waals surface area (Å²) in [6, 6.07) is 7.15. The average molecular weight is 296 g/mol. The summed E-state index contributed by atoms with van der Waals surface area (Å²) in [5, 5.41) is 12.2. The minimum Gasteiger partial charge on any atom is -0.481 e. The Hall–Kier alpha value is -1.81. The highest BCUT2D eigenvalue weighted by Gasteiger charge is 2.21. The third kappa shape index (κ3) is 5.05. The Morgan fingerprint density at radius 3 is 2.55 bits per heavy atom. The van der Waals surface area contributed by atoms with E-state index < -0.39 is 11.9 Å². The number of carbonyl (C=O) groups is 2. The average Bonchev–Trinajstić information content (AvgIpc) is 2.37. The molecule has 108 valence electrons. The van der Waals surface area contributed by atoms with E-state index in [4.69, 9.17) is 16.7 Å². The van der Waals surface area contributed by atoms with Gasteiger partial charge in [0.25, 0.3) is 0 Å². The third-order valence-electron chi connectivity index (χ3n) is 2.94. The van der Waals surface area contributed by atoms with E-state index in [1.807, 2.05) is 19.9 Å². The van der Waals surface area contributed by atoms with Crippen molar-refractivity contribution >= 4 is 29.6 Å². The molecule has 0 spiro atoms. The van der Waals surface area contributed by atoms with Crippen molar-refractivity contribution in [2.75, 3.05) is 6.54 Å². The summed E-state index contributed by atoms with van der Waals surface area (Å²) < 4.78 is 0. The molecule has 2 N–H and O–H groups in total. The van der Waals surface area contributed by atoms with Crippen LogP contribution in [-0.4, -0.2) is 23.5 Å². The van der Waals surface area contributed by atoms with Gasteiger partial charge in [-0.15, -0.1) is 0 Å². The molecule has 1 aromatic rings. The van der Waals surface area contributed by atoms with Crippen molar-refractivity contribution in [3.05, 3.63) is 40.9 Å². The van der Waals surface area contributed by atoms with Crippen molar-refractivity contribution in [3.8, 4) is 0 Å². The van der Waals surface area contributed by atoms with E-state index in [0.717, 1.165) is 5.56 Å². The summed E-state index contributed by atoms with van der Waals surface area (Å²) in [6.45, 7) is 3.73. The van der Waals surface area contributed by atoms with Crippen LogP contribution < -0.4 is 5.32 Å². The fourth-order valence-corrected chi connectivity index (χ4v) is 1.85. The summed E-state index contributed by atoms with van der Waals surface area (Å²) in [4.78, 5) is 22.6. The molecule has 0 radical (unpaired) electrons. The van der Waals surface area contributed by atoms with Crippen LogP contribution in [0.3, 0.4) is 0 Å². The molecule has 0 heterocycles. The van der Waals surface area contributed by atoms with E-state index in [-0.39, 0.29) is 18.4 Å². The summed E-state index contributed by atoms with van der Waals surface area (Å²) in [7, 11) is 0. The molecule has 0 saturated carbocycles. The number of nitrogens with one attached hydrogen (secondary N) is 1. The molecule has 20 heavy (non-hydrogen) atoms. The molecular formula is C15H18ClNO3. The zero-order valence-corrected chi connectivity index (χ0v) is 12.2. The second kappa shape index (κ2) is 7.70. The van der Waals surface area contributed by atoms with Crippen molar-refractivity contribution in [2.24, 2.45) is 11.8 Å². The summed E-state index contributed by atoms with van der Waals surface area (Å²) >= 11 is 5.96. The highest BCUT2D eigenvalue weighted by molar-refractivity contribution is 6.32. The first-order valence-corrected chi connectivity index (χ1v) is 6.73. The molecule has 1 unspecified atom stereocenters. The summed E-state index contributed by atoms with van der Waals surface area (Å²) in [6.07, 6.45) is 2.95. The molecule has 1 rings (SSSR count). The fourth-order valence-electron chi connectivity index (χ4n) is 1.65. The predicted molar refractivity (Wildman–Crippen MR) is 79.5 cm³/mol. The number of halogens is 1. The van der Waals surface area contributed by atoms with Gasteiger partial charge in [-0.25, -0.2) is 0 Å². The minimum atomic E-state index is -0.907. The van der Waals surface area contributed by atoms with Gasteiger partial charge in [0.1, 0.15) is 0 Å². The summed E-state index contributed by atoms with van der Waals surface area (Å²) in [5.74, 6) is -1.87. The van der Waals surface area contributed by atoms with Gasteiger partial charge in [-0.1, -0.05) is 43.6 Å². The number of hydrogen-bond donors (Lipinski definition) is 2. The number of hydrogen-bond acceptors (Lipinski definition) is 2. The number of benzene rings is 1. The lowest BCUT2D eigenvalue weighted by atomic mass is 9.96. The Morgan fingerprint density at radius 2 is 2.00 bits per heavy atom. The van der Waals surface area contributed by atoms with Crippen LogP contribution in [0, 0.1) is 11.8 Å². The largest absolute Gasteiger partial charge is 0.481 e. The van der Waals surface area contributed by atoms with Gasteiger partial charge in [0.2, 0.25) is 5.91 Å². The normalized spacial score (nSPS) is 12.6. The second-order valence-electron chi connectivity index (χ2n) is 4.79. The number of carboxylic acid groups (broad SMARTS) is 1. The van der Waals surface area contributed by atoms with Crippen LogP contribution in [0.5, 0.6) is 0 Å².